The molecule has 10 heteroatoms. The highest BCUT2D eigenvalue weighted by molar-refractivity contribution is 5.90. The van der Waals surface area contributed by atoms with E-state index in [0.29, 0.717) is 6.42 Å². The summed E-state index contributed by atoms with van der Waals surface area (Å²) in [5.41, 5.74) is 16.5. The van der Waals surface area contributed by atoms with E-state index in [4.69, 9.17) is 17.2 Å². The zero-order valence-electron chi connectivity index (χ0n) is 14.9. The Hall–Kier alpha value is -3.14. The number of benzene rings is 1. The third-order valence-electron chi connectivity index (χ3n) is 3.68. The molecule has 148 valence electrons. The molecule has 0 aliphatic carbocycles. The Bertz CT molecular complexity index is 661. The predicted molar refractivity (Wildman–Crippen MR) is 101 cm³/mol. The molecule has 0 spiro atoms. The summed E-state index contributed by atoms with van der Waals surface area (Å²) >= 11 is 0. The first-order valence-electron chi connectivity index (χ1n) is 8.45. The Morgan fingerprint density at radius 2 is 1.74 bits per heavy atom. The quantitative estimate of drug-likeness (QED) is 0.150. The highest BCUT2D eigenvalue weighted by Gasteiger charge is 2.26. The molecule has 2 atom stereocenters. The molecule has 9 N–H and O–H groups in total. The molecule has 0 bridgehead atoms. The molecule has 0 heterocycles. The lowest BCUT2D eigenvalue weighted by Crippen LogP contribution is -2.53. The van der Waals surface area contributed by atoms with Crippen LogP contribution in [-0.2, 0) is 20.8 Å². The average molecular weight is 378 g/mol. The number of carboxylic acids is 1. The zero-order chi connectivity index (χ0) is 20.2. The molecule has 0 unspecified atom stereocenters. The molecule has 1 rings (SSSR count). The maximum absolute atomic E-state index is 12.5. The second-order valence-electron chi connectivity index (χ2n) is 5.86. The van der Waals surface area contributed by atoms with Crippen LogP contribution < -0.4 is 27.8 Å². The van der Waals surface area contributed by atoms with Gasteiger partial charge in [0, 0.05) is 13.0 Å². The summed E-state index contributed by atoms with van der Waals surface area (Å²) in [4.78, 5) is 39.4. The van der Waals surface area contributed by atoms with Crippen molar-refractivity contribution in [3.8, 4) is 0 Å². The van der Waals surface area contributed by atoms with Gasteiger partial charge in [0.25, 0.3) is 0 Å². The number of hydrogen-bond acceptors (Lipinski definition) is 5. The van der Waals surface area contributed by atoms with E-state index in [1.54, 1.807) is 24.3 Å². The number of nitrogens with zero attached hydrogens (tertiary/aromatic N) is 1. The Morgan fingerprint density at radius 3 is 2.30 bits per heavy atom. The Labute approximate surface area is 157 Å². The minimum Gasteiger partial charge on any atom is -0.480 e. The standard InChI is InChI=1S/C17H26N6O4/c18-10-14(24)22-12(7-4-8-21-17(19)20)15(25)23-13(16(26)27)9-11-5-2-1-3-6-11/h1-3,5-6,12-13H,4,7-10,18H2,(H,22,24)(H,23,25)(H,26,27)(H4,19,20,21)/t12-,13-/m0/s1. The largest absolute Gasteiger partial charge is 0.480 e. The van der Waals surface area contributed by atoms with Crippen molar-refractivity contribution in [1.29, 1.82) is 0 Å². The zero-order valence-corrected chi connectivity index (χ0v) is 14.9. The smallest absolute Gasteiger partial charge is 0.326 e. The first kappa shape index (κ1) is 21.9. The van der Waals surface area contributed by atoms with Gasteiger partial charge in [-0.3, -0.25) is 14.6 Å². The van der Waals surface area contributed by atoms with Crippen molar-refractivity contribution in [2.45, 2.75) is 31.3 Å². The number of aliphatic carboxylic acids is 1. The van der Waals surface area contributed by atoms with Gasteiger partial charge in [0.2, 0.25) is 11.8 Å². The number of nitrogens with one attached hydrogen (secondary N) is 2. The van der Waals surface area contributed by atoms with Crippen LogP contribution in [0.25, 0.3) is 0 Å². The summed E-state index contributed by atoms with van der Waals surface area (Å²) in [5.74, 6) is -2.37. The monoisotopic (exact) mass is 378 g/mol. The third-order valence-corrected chi connectivity index (χ3v) is 3.68. The van der Waals surface area contributed by atoms with E-state index in [1.807, 2.05) is 6.07 Å². The maximum Gasteiger partial charge on any atom is 0.326 e. The van der Waals surface area contributed by atoms with E-state index < -0.39 is 29.9 Å². The number of guanidine groups is 1. The molecule has 0 saturated heterocycles. The van der Waals surface area contributed by atoms with Gasteiger partial charge in [0.1, 0.15) is 12.1 Å². The highest BCUT2D eigenvalue weighted by atomic mass is 16.4. The van der Waals surface area contributed by atoms with Crippen LogP contribution in [0.1, 0.15) is 18.4 Å². The number of hydrogen-bond donors (Lipinski definition) is 6. The van der Waals surface area contributed by atoms with Crippen LogP contribution >= 0.6 is 0 Å². The van der Waals surface area contributed by atoms with Crippen molar-refractivity contribution in [2.75, 3.05) is 13.1 Å². The van der Waals surface area contributed by atoms with Crippen LogP contribution in [0.2, 0.25) is 0 Å². The molecule has 0 aliphatic rings. The molecule has 2 amide bonds. The lowest BCUT2D eigenvalue weighted by molar-refractivity contribution is -0.142. The van der Waals surface area contributed by atoms with Crippen molar-refractivity contribution >= 4 is 23.7 Å². The number of carboxylic acid groups (broad SMARTS) is 1. The van der Waals surface area contributed by atoms with E-state index >= 15 is 0 Å². The summed E-state index contributed by atoms with van der Waals surface area (Å²) in [5, 5.41) is 14.3. The fourth-order valence-corrected chi connectivity index (χ4v) is 2.35. The minimum atomic E-state index is -1.17. The second kappa shape index (κ2) is 11.5. The summed E-state index contributed by atoms with van der Waals surface area (Å²) in [6, 6.07) is 6.85. The molecular formula is C17H26N6O4. The lowest BCUT2D eigenvalue weighted by atomic mass is 10.0. The van der Waals surface area contributed by atoms with E-state index in [-0.39, 0.29) is 31.9 Å². The first-order valence-corrected chi connectivity index (χ1v) is 8.45. The van der Waals surface area contributed by atoms with Crippen molar-refractivity contribution < 1.29 is 19.5 Å². The van der Waals surface area contributed by atoms with Crippen LogP contribution in [0.5, 0.6) is 0 Å². The number of rotatable bonds is 11. The van der Waals surface area contributed by atoms with Gasteiger partial charge in [-0.25, -0.2) is 4.79 Å². The van der Waals surface area contributed by atoms with E-state index in [0.717, 1.165) is 5.56 Å². The topological polar surface area (TPSA) is 186 Å². The lowest BCUT2D eigenvalue weighted by Gasteiger charge is -2.21. The van der Waals surface area contributed by atoms with Crippen molar-refractivity contribution in [2.24, 2.45) is 22.2 Å². The van der Waals surface area contributed by atoms with Gasteiger partial charge < -0.3 is 32.9 Å². The van der Waals surface area contributed by atoms with Gasteiger partial charge in [-0.2, -0.15) is 0 Å². The van der Waals surface area contributed by atoms with Crippen molar-refractivity contribution in [3.63, 3.8) is 0 Å². The van der Waals surface area contributed by atoms with Crippen molar-refractivity contribution in [3.05, 3.63) is 35.9 Å². The molecule has 1 aromatic rings. The number of carbonyl (C=O) groups excluding carboxylic acids is 2. The third kappa shape index (κ3) is 8.68. The number of nitrogens with two attached hydrogens (primary N) is 3. The predicted octanol–water partition coefficient (Wildman–Crippen LogP) is -1.70. The second-order valence-corrected chi connectivity index (χ2v) is 5.86. The van der Waals surface area contributed by atoms with Gasteiger partial charge in [0.05, 0.1) is 6.54 Å². The van der Waals surface area contributed by atoms with Crippen LogP contribution in [0, 0.1) is 0 Å². The molecule has 0 aromatic heterocycles. The van der Waals surface area contributed by atoms with E-state index in [2.05, 4.69) is 15.6 Å². The van der Waals surface area contributed by atoms with Gasteiger partial charge in [-0.1, -0.05) is 30.3 Å². The van der Waals surface area contributed by atoms with Crippen LogP contribution in [0.4, 0.5) is 0 Å². The van der Waals surface area contributed by atoms with Crippen molar-refractivity contribution in [1.82, 2.24) is 10.6 Å². The van der Waals surface area contributed by atoms with Crippen LogP contribution in [-0.4, -0.2) is 54.0 Å². The van der Waals surface area contributed by atoms with E-state index in [1.165, 1.54) is 0 Å². The van der Waals surface area contributed by atoms with Crippen LogP contribution in [0.15, 0.2) is 35.3 Å². The summed E-state index contributed by atoms with van der Waals surface area (Å²) in [6.45, 7) is -0.0129. The van der Waals surface area contributed by atoms with Gasteiger partial charge in [0.15, 0.2) is 5.96 Å². The summed E-state index contributed by atoms with van der Waals surface area (Å²) in [7, 11) is 0. The normalized spacial score (nSPS) is 12.5. The fourth-order valence-electron chi connectivity index (χ4n) is 2.35. The fraction of sp³-hybridized carbons (Fsp3) is 0.412. The number of amides is 2. The molecule has 0 radical (unpaired) electrons. The summed E-state index contributed by atoms with van der Waals surface area (Å²) < 4.78 is 0. The van der Waals surface area contributed by atoms with Gasteiger partial charge in [-0.15, -0.1) is 0 Å². The van der Waals surface area contributed by atoms with Gasteiger partial charge in [-0.05, 0) is 18.4 Å². The number of aliphatic imine (C=N–C) groups is 1. The molecular weight excluding hydrogens is 352 g/mol. The Kier molecular flexibility index (Phi) is 9.30. The molecule has 1 aromatic carbocycles. The molecule has 0 saturated carbocycles. The molecule has 0 fully saturated rings. The maximum atomic E-state index is 12.5. The Morgan fingerprint density at radius 1 is 1.07 bits per heavy atom. The Balaban J connectivity index is 2.76. The average Bonchev–Trinajstić information content (AvgIpc) is 2.63. The number of carbonyl (C=O) groups is 3. The summed E-state index contributed by atoms with van der Waals surface area (Å²) in [6.07, 6.45) is 0.761. The molecule has 0 aliphatic heterocycles. The minimum absolute atomic E-state index is 0.0733. The highest BCUT2D eigenvalue weighted by Crippen LogP contribution is 2.05. The molecule has 27 heavy (non-hydrogen) atoms. The van der Waals surface area contributed by atoms with E-state index in [9.17, 15) is 19.5 Å². The van der Waals surface area contributed by atoms with Gasteiger partial charge >= 0.3 is 5.97 Å². The SMILES string of the molecule is NCC(=O)N[C@@H](CCCN=C(N)N)C(=O)N[C@@H](Cc1ccccc1)C(=O)O. The first-order chi connectivity index (χ1) is 12.8. The van der Waals surface area contributed by atoms with Crippen LogP contribution in [0.3, 0.4) is 0 Å². The molecule has 10 nitrogen and oxygen atoms in total.